The molecule has 1 aromatic heterocycles. The van der Waals surface area contributed by atoms with Crippen molar-refractivity contribution in [2.75, 3.05) is 6.54 Å². The van der Waals surface area contributed by atoms with E-state index in [9.17, 15) is 4.79 Å². The zero-order chi connectivity index (χ0) is 15.9. The molecule has 118 valence electrons. The lowest BCUT2D eigenvalue weighted by molar-refractivity contribution is -0.121. The highest BCUT2D eigenvalue weighted by atomic mass is 35.5. The number of hydrogen-bond donors (Lipinski definition) is 1. The molecule has 0 radical (unpaired) electrons. The fourth-order valence-corrected chi connectivity index (χ4v) is 1.99. The van der Waals surface area contributed by atoms with Gasteiger partial charge >= 0.3 is 0 Å². The first-order valence-electron chi connectivity index (χ1n) is 7.01. The van der Waals surface area contributed by atoms with Gasteiger partial charge in [0.25, 0.3) is 0 Å². The number of aromatic nitrogens is 2. The third kappa shape index (κ3) is 5.04. The molecule has 2 aromatic rings. The van der Waals surface area contributed by atoms with E-state index in [0.717, 1.165) is 0 Å². The van der Waals surface area contributed by atoms with Gasteiger partial charge in [-0.05, 0) is 26.0 Å². The minimum Gasteiger partial charge on any atom is -0.487 e. The molecule has 1 atom stereocenters. The monoisotopic (exact) mass is 323 g/mol. The standard InChI is InChI=1S/C15H18ClN3O3/c1-10(21-13-6-4-3-5-12(13)16)9-17-14(20)7-8-15-18-11(2)19-22-15/h3-6,10H,7-9H2,1-2H3,(H,17,20). The SMILES string of the molecule is Cc1noc(CCC(=O)NCC(C)Oc2ccccc2Cl)n1. The summed E-state index contributed by atoms with van der Waals surface area (Å²) >= 11 is 6.01. The predicted octanol–water partition coefficient (Wildman–Crippen LogP) is 2.55. The second-order valence-electron chi connectivity index (χ2n) is 4.90. The zero-order valence-electron chi connectivity index (χ0n) is 12.5. The van der Waals surface area contributed by atoms with Gasteiger partial charge in [0.05, 0.1) is 11.6 Å². The van der Waals surface area contributed by atoms with Crippen LogP contribution in [0.2, 0.25) is 5.02 Å². The van der Waals surface area contributed by atoms with Crippen molar-refractivity contribution in [3.63, 3.8) is 0 Å². The lowest BCUT2D eigenvalue weighted by Gasteiger charge is -2.16. The summed E-state index contributed by atoms with van der Waals surface area (Å²) in [6.45, 7) is 4.00. The van der Waals surface area contributed by atoms with E-state index in [0.29, 0.717) is 41.9 Å². The Morgan fingerprint density at radius 1 is 1.45 bits per heavy atom. The summed E-state index contributed by atoms with van der Waals surface area (Å²) in [6, 6.07) is 7.23. The molecule has 0 saturated heterocycles. The molecule has 1 amide bonds. The molecular formula is C15H18ClN3O3. The third-order valence-electron chi connectivity index (χ3n) is 2.89. The Morgan fingerprint density at radius 3 is 2.91 bits per heavy atom. The molecule has 2 rings (SSSR count). The molecule has 0 aliphatic heterocycles. The number of benzene rings is 1. The number of aryl methyl sites for hydroxylation is 2. The van der Waals surface area contributed by atoms with Gasteiger partial charge in [-0.15, -0.1) is 0 Å². The summed E-state index contributed by atoms with van der Waals surface area (Å²) in [4.78, 5) is 15.8. The van der Waals surface area contributed by atoms with Crippen LogP contribution in [0.5, 0.6) is 5.75 Å². The topological polar surface area (TPSA) is 77.2 Å². The molecule has 6 nitrogen and oxygen atoms in total. The van der Waals surface area contributed by atoms with Gasteiger partial charge in [0.15, 0.2) is 5.82 Å². The van der Waals surface area contributed by atoms with E-state index in [-0.39, 0.29) is 12.0 Å². The fraction of sp³-hybridized carbons (Fsp3) is 0.400. The fourth-order valence-electron chi connectivity index (χ4n) is 1.81. The number of nitrogens with zero attached hydrogens (tertiary/aromatic N) is 2. The lowest BCUT2D eigenvalue weighted by Crippen LogP contribution is -2.33. The van der Waals surface area contributed by atoms with Gasteiger partial charge < -0.3 is 14.6 Å². The Bertz CT molecular complexity index is 630. The van der Waals surface area contributed by atoms with Crippen LogP contribution in [-0.4, -0.2) is 28.7 Å². The van der Waals surface area contributed by atoms with Crippen LogP contribution in [0.15, 0.2) is 28.8 Å². The molecule has 0 saturated carbocycles. The van der Waals surface area contributed by atoms with Gasteiger partial charge in [-0.3, -0.25) is 4.79 Å². The number of rotatable bonds is 7. The quantitative estimate of drug-likeness (QED) is 0.847. The maximum atomic E-state index is 11.8. The Balaban J connectivity index is 1.70. The van der Waals surface area contributed by atoms with Gasteiger partial charge in [0.2, 0.25) is 11.8 Å². The van der Waals surface area contributed by atoms with Crippen molar-refractivity contribution in [3.8, 4) is 5.75 Å². The first-order chi connectivity index (χ1) is 10.5. The molecular weight excluding hydrogens is 306 g/mol. The van der Waals surface area contributed by atoms with Crippen molar-refractivity contribution >= 4 is 17.5 Å². The lowest BCUT2D eigenvalue weighted by atomic mass is 10.3. The molecule has 1 aromatic carbocycles. The molecule has 0 spiro atoms. The Morgan fingerprint density at radius 2 is 2.23 bits per heavy atom. The zero-order valence-corrected chi connectivity index (χ0v) is 13.3. The van der Waals surface area contributed by atoms with Crippen LogP contribution in [0.3, 0.4) is 0 Å². The molecule has 7 heteroatoms. The van der Waals surface area contributed by atoms with E-state index in [1.54, 1.807) is 19.1 Å². The second kappa shape index (κ2) is 7.79. The van der Waals surface area contributed by atoms with Crippen molar-refractivity contribution in [2.45, 2.75) is 32.8 Å². The molecule has 1 N–H and O–H groups in total. The van der Waals surface area contributed by atoms with Crippen LogP contribution in [0.25, 0.3) is 0 Å². The van der Waals surface area contributed by atoms with Crippen molar-refractivity contribution in [3.05, 3.63) is 41.0 Å². The Hall–Kier alpha value is -2.08. The second-order valence-corrected chi connectivity index (χ2v) is 5.31. The van der Waals surface area contributed by atoms with E-state index < -0.39 is 0 Å². The summed E-state index contributed by atoms with van der Waals surface area (Å²) in [7, 11) is 0. The summed E-state index contributed by atoms with van der Waals surface area (Å²) in [5, 5.41) is 7.02. The van der Waals surface area contributed by atoms with Crippen LogP contribution in [0.1, 0.15) is 25.1 Å². The van der Waals surface area contributed by atoms with Crippen molar-refractivity contribution in [2.24, 2.45) is 0 Å². The van der Waals surface area contributed by atoms with Crippen molar-refractivity contribution < 1.29 is 14.1 Å². The molecule has 1 heterocycles. The van der Waals surface area contributed by atoms with E-state index in [1.807, 2.05) is 19.1 Å². The molecule has 1 unspecified atom stereocenters. The molecule has 0 bridgehead atoms. The van der Waals surface area contributed by atoms with E-state index >= 15 is 0 Å². The predicted molar refractivity (Wildman–Crippen MR) is 81.9 cm³/mol. The van der Waals surface area contributed by atoms with Gasteiger partial charge in [0, 0.05) is 12.8 Å². The van der Waals surface area contributed by atoms with Crippen LogP contribution in [-0.2, 0) is 11.2 Å². The molecule has 0 aliphatic rings. The average molecular weight is 324 g/mol. The number of carbonyl (C=O) groups excluding carboxylic acids is 1. The number of hydrogen-bond acceptors (Lipinski definition) is 5. The summed E-state index contributed by atoms with van der Waals surface area (Å²) < 4.78 is 10.6. The number of para-hydroxylation sites is 1. The maximum Gasteiger partial charge on any atom is 0.227 e. The van der Waals surface area contributed by atoms with Crippen LogP contribution < -0.4 is 10.1 Å². The minimum absolute atomic E-state index is 0.0922. The first-order valence-corrected chi connectivity index (χ1v) is 7.39. The smallest absolute Gasteiger partial charge is 0.227 e. The third-order valence-corrected chi connectivity index (χ3v) is 3.20. The Kier molecular flexibility index (Phi) is 5.77. The highest BCUT2D eigenvalue weighted by Gasteiger charge is 2.10. The molecule has 22 heavy (non-hydrogen) atoms. The normalized spacial score (nSPS) is 12.0. The van der Waals surface area contributed by atoms with Crippen LogP contribution in [0, 0.1) is 6.92 Å². The molecule has 0 aliphatic carbocycles. The summed E-state index contributed by atoms with van der Waals surface area (Å²) in [5.41, 5.74) is 0. The van der Waals surface area contributed by atoms with Gasteiger partial charge in [-0.2, -0.15) is 4.98 Å². The largest absolute Gasteiger partial charge is 0.487 e. The van der Waals surface area contributed by atoms with Crippen LogP contribution in [0.4, 0.5) is 0 Å². The first kappa shape index (κ1) is 16.3. The number of nitrogens with one attached hydrogen (secondary N) is 1. The number of carbonyl (C=O) groups is 1. The highest BCUT2D eigenvalue weighted by molar-refractivity contribution is 6.32. The summed E-state index contributed by atoms with van der Waals surface area (Å²) in [6.07, 6.45) is 0.530. The van der Waals surface area contributed by atoms with Crippen molar-refractivity contribution in [1.82, 2.24) is 15.5 Å². The van der Waals surface area contributed by atoms with Crippen molar-refractivity contribution in [1.29, 1.82) is 0 Å². The highest BCUT2D eigenvalue weighted by Crippen LogP contribution is 2.23. The van der Waals surface area contributed by atoms with Gasteiger partial charge in [-0.25, -0.2) is 0 Å². The van der Waals surface area contributed by atoms with E-state index in [4.69, 9.17) is 20.9 Å². The van der Waals surface area contributed by atoms with E-state index in [2.05, 4.69) is 15.5 Å². The summed E-state index contributed by atoms with van der Waals surface area (Å²) in [5.74, 6) is 1.54. The average Bonchev–Trinajstić information content (AvgIpc) is 2.91. The number of halogens is 1. The minimum atomic E-state index is -0.186. The van der Waals surface area contributed by atoms with E-state index in [1.165, 1.54) is 0 Å². The maximum absolute atomic E-state index is 11.8. The van der Waals surface area contributed by atoms with Crippen LogP contribution >= 0.6 is 11.6 Å². The number of ether oxygens (including phenoxy) is 1. The number of amides is 1. The van der Waals surface area contributed by atoms with Gasteiger partial charge in [0.1, 0.15) is 11.9 Å². The molecule has 0 fully saturated rings. The van der Waals surface area contributed by atoms with Gasteiger partial charge in [-0.1, -0.05) is 28.9 Å². The Labute approximate surface area is 133 Å².